The lowest BCUT2D eigenvalue weighted by Gasteiger charge is -2.27. The molecule has 0 bridgehead atoms. The van der Waals surface area contributed by atoms with E-state index in [-0.39, 0.29) is 5.92 Å². The summed E-state index contributed by atoms with van der Waals surface area (Å²) in [6, 6.07) is 7.81. The summed E-state index contributed by atoms with van der Waals surface area (Å²) in [7, 11) is 0. The highest BCUT2D eigenvalue weighted by Crippen LogP contribution is 2.37. The Hall–Kier alpha value is -2.07. The number of hydroxylamine groups is 1. The van der Waals surface area contributed by atoms with Gasteiger partial charge in [-0.1, -0.05) is 23.7 Å². The van der Waals surface area contributed by atoms with Crippen LogP contribution in [0.1, 0.15) is 24.3 Å². The number of halogens is 1. The molecule has 1 unspecified atom stereocenters. The summed E-state index contributed by atoms with van der Waals surface area (Å²) >= 11 is 6.01. The predicted octanol–water partition coefficient (Wildman–Crippen LogP) is 3.31. The van der Waals surface area contributed by atoms with Crippen molar-refractivity contribution in [2.24, 2.45) is 4.99 Å². The molecule has 5 heteroatoms. The first-order valence-electron chi connectivity index (χ1n) is 7.44. The molecular weight excluding hydrogens is 300 g/mol. The van der Waals surface area contributed by atoms with Crippen LogP contribution in [0.15, 0.2) is 52.9 Å². The lowest BCUT2D eigenvalue weighted by molar-refractivity contribution is -0.756. The largest absolute Gasteiger partial charge is 0.437 e. The van der Waals surface area contributed by atoms with Gasteiger partial charge in [-0.05, 0) is 36.3 Å². The lowest BCUT2D eigenvalue weighted by atomic mass is 9.80. The van der Waals surface area contributed by atoms with Crippen LogP contribution in [0.25, 0.3) is 0 Å². The first kappa shape index (κ1) is 13.6. The van der Waals surface area contributed by atoms with Gasteiger partial charge in [0.05, 0.1) is 16.2 Å². The smallest absolute Gasteiger partial charge is 0.421 e. The second-order valence-corrected chi connectivity index (χ2v) is 6.02. The zero-order valence-corrected chi connectivity index (χ0v) is 12.8. The van der Waals surface area contributed by atoms with Crippen LogP contribution in [0.3, 0.4) is 0 Å². The molecule has 0 amide bonds. The van der Waals surface area contributed by atoms with Crippen LogP contribution in [0, 0.1) is 0 Å². The number of ether oxygens (including phenoxy) is 1. The Bertz CT molecular complexity index is 744. The molecule has 4 nitrogen and oxygen atoms in total. The Balaban J connectivity index is 1.91. The summed E-state index contributed by atoms with van der Waals surface area (Å²) in [4.78, 5) is 4.69. The van der Waals surface area contributed by atoms with Gasteiger partial charge in [-0.3, -0.25) is 10.2 Å². The molecule has 0 saturated heterocycles. The van der Waals surface area contributed by atoms with Gasteiger partial charge in [0, 0.05) is 18.0 Å². The van der Waals surface area contributed by atoms with Gasteiger partial charge in [0.15, 0.2) is 0 Å². The summed E-state index contributed by atoms with van der Waals surface area (Å²) < 4.78 is 6.87. The maximum Gasteiger partial charge on any atom is 0.421 e. The van der Waals surface area contributed by atoms with Crippen molar-refractivity contribution in [3.63, 3.8) is 0 Å². The monoisotopic (exact) mass is 315 g/mol. The fraction of sp³-hybridized carbons (Fsp3) is 0.294. The van der Waals surface area contributed by atoms with E-state index in [2.05, 4.69) is 0 Å². The molecule has 0 aliphatic carbocycles. The average Bonchev–Trinajstić information content (AvgIpc) is 2.57. The molecule has 0 radical (unpaired) electrons. The molecule has 1 N–H and O–H groups in total. The van der Waals surface area contributed by atoms with Gasteiger partial charge >= 0.3 is 5.88 Å². The van der Waals surface area contributed by atoms with Crippen molar-refractivity contribution in [1.82, 2.24) is 0 Å². The molecule has 0 fully saturated rings. The van der Waals surface area contributed by atoms with Crippen LogP contribution >= 0.6 is 11.6 Å². The number of hydrogen-bond donors (Lipinski definition) is 1. The van der Waals surface area contributed by atoms with Crippen molar-refractivity contribution in [3.8, 4) is 0 Å². The van der Waals surface area contributed by atoms with E-state index in [4.69, 9.17) is 21.3 Å². The third-order valence-electron chi connectivity index (χ3n) is 4.25. The third-order valence-corrected chi connectivity index (χ3v) is 4.50. The highest BCUT2D eigenvalue weighted by atomic mass is 35.5. The van der Waals surface area contributed by atoms with E-state index in [0.717, 1.165) is 41.9 Å². The van der Waals surface area contributed by atoms with Gasteiger partial charge in [0.1, 0.15) is 12.3 Å². The van der Waals surface area contributed by atoms with Gasteiger partial charge < -0.3 is 4.74 Å². The zero-order valence-electron chi connectivity index (χ0n) is 12.0. The second kappa shape index (κ2) is 5.29. The molecule has 112 valence electrons. The number of aliphatic imine (C=N–C) groups is 1. The zero-order chi connectivity index (χ0) is 15.1. The fourth-order valence-electron chi connectivity index (χ4n) is 3.26. The molecular formula is C17H16ClN2O2+. The van der Waals surface area contributed by atoms with Crippen LogP contribution < -0.4 is 0 Å². The van der Waals surface area contributed by atoms with E-state index in [0.29, 0.717) is 17.5 Å². The molecule has 4 rings (SSSR count). The highest BCUT2D eigenvalue weighted by molar-refractivity contribution is 6.44. The SMILES string of the molecule is O[N+]1=C2CCCN=C2C(c2ccc(Cl)cc2)C2=C1OCC=C2. The molecule has 1 aromatic carbocycles. The van der Waals surface area contributed by atoms with E-state index < -0.39 is 0 Å². The summed E-state index contributed by atoms with van der Waals surface area (Å²) in [6.07, 6.45) is 5.74. The topological polar surface area (TPSA) is 44.8 Å². The Morgan fingerprint density at radius 3 is 2.91 bits per heavy atom. The van der Waals surface area contributed by atoms with Crippen LogP contribution in [0.4, 0.5) is 0 Å². The lowest BCUT2D eigenvalue weighted by Crippen LogP contribution is -2.40. The quantitative estimate of drug-likeness (QED) is 0.638. The summed E-state index contributed by atoms with van der Waals surface area (Å²) in [5.74, 6) is 0.515. The van der Waals surface area contributed by atoms with Gasteiger partial charge in [0.2, 0.25) is 0 Å². The predicted molar refractivity (Wildman–Crippen MR) is 84.9 cm³/mol. The van der Waals surface area contributed by atoms with Gasteiger partial charge in [-0.25, -0.2) is 0 Å². The molecule has 3 aliphatic rings. The highest BCUT2D eigenvalue weighted by Gasteiger charge is 2.44. The molecule has 1 aromatic rings. The molecule has 0 aromatic heterocycles. The molecule has 3 aliphatic heterocycles. The summed E-state index contributed by atoms with van der Waals surface area (Å²) in [5, 5.41) is 11.2. The summed E-state index contributed by atoms with van der Waals surface area (Å²) in [6.45, 7) is 1.27. The number of nitrogens with zero attached hydrogens (tertiary/aromatic N) is 2. The van der Waals surface area contributed by atoms with Crippen molar-refractivity contribution >= 4 is 23.0 Å². The minimum atomic E-state index is -0.0116. The van der Waals surface area contributed by atoms with Gasteiger partial charge in [0.25, 0.3) is 5.71 Å². The second-order valence-electron chi connectivity index (χ2n) is 5.59. The molecule has 0 saturated carbocycles. The molecule has 3 heterocycles. The van der Waals surface area contributed by atoms with Crippen LogP contribution in [-0.4, -0.2) is 34.5 Å². The van der Waals surface area contributed by atoms with Crippen LogP contribution in [-0.2, 0) is 4.74 Å². The van der Waals surface area contributed by atoms with E-state index in [1.807, 2.05) is 36.4 Å². The van der Waals surface area contributed by atoms with E-state index in [1.165, 1.54) is 4.74 Å². The van der Waals surface area contributed by atoms with Crippen molar-refractivity contribution < 1.29 is 14.7 Å². The van der Waals surface area contributed by atoms with E-state index in [9.17, 15) is 5.21 Å². The number of hydrogen-bond acceptors (Lipinski definition) is 3. The maximum atomic E-state index is 10.5. The number of benzene rings is 1. The number of allylic oxidation sites excluding steroid dienone is 2. The fourth-order valence-corrected chi connectivity index (χ4v) is 3.39. The Labute approximate surface area is 133 Å². The third kappa shape index (κ3) is 2.06. The average molecular weight is 316 g/mol. The van der Waals surface area contributed by atoms with Crippen LogP contribution in [0.2, 0.25) is 5.02 Å². The van der Waals surface area contributed by atoms with Gasteiger partial charge in [-0.2, -0.15) is 0 Å². The van der Waals surface area contributed by atoms with Crippen molar-refractivity contribution in [3.05, 3.63) is 58.5 Å². The summed E-state index contributed by atoms with van der Waals surface area (Å²) in [5.41, 5.74) is 3.84. The van der Waals surface area contributed by atoms with E-state index in [1.54, 1.807) is 0 Å². The minimum Gasteiger partial charge on any atom is -0.437 e. The standard InChI is InChI=1S/C17H16ClN2O2/c18-12-7-5-11(6-8-12)15-13-3-2-10-22-17(13)20(21)14-4-1-9-19-16(14)15/h2-3,5-8,15,21H,1,4,9-10H2/q+1. The van der Waals surface area contributed by atoms with E-state index >= 15 is 0 Å². The number of rotatable bonds is 1. The maximum absolute atomic E-state index is 10.5. The van der Waals surface area contributed by atoms with Crippen molar-refractivity contribution in [2.45, 2.75) is 18.8 Å². The Kier molecular flexibility index (Phi) is 3.26. The van der Waals surface area contributed by atoms with Crippen molar-refractivity contribution in [1.29, 1.82) is 0 Å². The van der Waals surface area contributed by atoms with Crippen LogP contribution in [0.5, 0.6) is 0 Å². The minimum absolute atomic E-state index is 0.0116. The Morgan fingerprint density at radius 2 is 2.09 bits per heavy atom. The Morgan fingerprint density at radius 1 is 1.27 bits per heavy atom. The molecule has 0 spiro atoms. The normalized spacial score (nSPS) is 23.7. The molecule has 1 atom stereocenters. The molecule has 22 heavy (non-hydrogen) atoms. The van der Waals surface area contributed by atoms with Gasteiger partial charge in [-0.15, -0.1) is 0 Å². The first-order valence-corrected chi connectivity index (χ1v) is 7.82. The number of fused-ring (bicyclic) bond motifs is 1. The first-order chi connectivity index (χ1) is 10.8. The van der Waals surface area contributed by atoms with Crippen molar-refractivity contribution in [2.75, 3.05) is 13.2 Å².